The number of oxazole rings is 1. The summed E-state index contributed by atoms with van der Waals surface area (Å²) in [6.45, 7) is 1.94. The maximum atomic E-state index is 12.6. The minimum atomic E-state index is -0.339. The average Bonchev–Trinajstić information content (AvgIpc) is 3.52. The average molecular weight is 485 g/mol. The van der Waals surface area contributed by atoms with Gasteiger partial charge < -0.3 is 18.9 Å². The highest BCUT2D eigenvalue weighted by molar-refractivity contribution is 6.31. The standard InChI is InChI=1S/C28H21ClN2O4/c1-17-7-8-18(15-21(17)29)24-13-10-20(34-24)11-14-27(32)30-23-16-19(9-12-25(23)33-2)28-31-22-5-3-4-6-26(22)35-28/h3-16H,1-2H3,(H,30,32)/b14-11+. The quantitative estimate of drug-likeness (QED) is 0.254. The Morgan fingerprint density at radius 1 is 1.00 bits per heavy atom. The van der Waals surface area contributed by atoms with E-state index >= 15 is 0 Å². The normalized spacial score (nSPS) is 11.3. The largest absolute Gasteiger partial charge is 0.495 e. The van der Waals surface area contributed by atoms with Crippen molar-refractivity contribution in [3.8, 4) is 28.5 Å². The van der Waals surface area contributed by atoms with E-state index in [1.54, 1.807) is 31.4 Å². The van der Waals surface area contributed by atoms with Crippen molar-refractivity contribution in [1.82, 2.24) is 4.98 Å². The molecule has 0 bridgehead atoms. The van der Waals surface area contributed by atoms with E-state index in [2.05, 4.69) is 10.3 Å². The summed E-state index contributed by atoms with van der Waals surface area (Å²) in [5.74, 6) is 1.84. The molecule has 2 aromatic heterocycles. The number of halogens is 1. The Morgan fingerprint density at radius 3 is 2.63 bits per heavy atom. The molecule has 0 unspecified atom stereocenters. The zero-order valence-corrected chi connectivity index (χ0v) is 19.8. The lowest BCUT2D eigenvalue weighted by Gasteiger charge is -2.10. The molecule has 0 radical (unpaired) electrons. The molecule has 2 heterocycles. The van der Waals surface area contributed by atoms with Crippen molar-refractivity contribution in [1.29, 1.82) is 0 Å². The molecule has 5 rings (SSSR count). The smallest absolute Gasteiger partial charge is 0.248 e. The number of carbonyl (C=O) groups excluding carboxylic acids is 1. The number of aromatic nitrogens is 1. The maximum absolute atomic E-state index is 12.6. The molecule has 7 heteroatoms. The number of hydrogen-bond acceptors (Lipinski definition) is 5. The fourth-order valence-electron chi connectivity index (χ4n) is 3.61. The lowest BCUT2D eigenvalue weighted by Crippen LogP contribution is -2.09. The van der Waals surface area contributed by atoms with Crippen molar-refractivity contribution in [2.45, 2.75) is 6.92 Å². The van der Waals surface area contributed by atoms with Gasteiger partial charge in [0.1, 0.15) is 22.8 Å². The number of rotatable bonds is 6. The van der Waals surface area contributed by atoms with Crippen LogP contribution in [0.4, 0.5) is 5.69 Å². The van der Waals surface area contributed by atoms with Gasteiger partial charge in [0.25, 0.3) is 0 Å². The Kier molecular flexibility index (Phi) is 6.12. The highest BCUT2D eigenvalue weighted by Crippen LogP contribution is 2.32. The number of fused-ring (bicyclic) bond motifs is 1. The lowest BCUT2D eigenvalue weighted by molar-refractivity contribution is -0.111. The molecule has 0 fully saturated rings. The number of anilines is 1. The molecular formula is C28H21ClN2O4. The maximum Gasteiger partial charge on any atom is 0.248 e. The summed E-state index contributed by atoms with van der Waals surface area (Å²) < 4.78 is 17.1. The number of methoxy groups -OCH3 is 1. The van der Waals surface area contributed by atoms with Gasteiger partial charge >= 0.3 is 0 Å². The molecule has 0 aliphatic carbocycles. The van der Waals surface area contributed by atoms with Crippen molar-refractivity contribution in [2.75, 3.05) is 12.4 Å². The van der Waals surface area contributed by atoms with Crippen molar-refractivity contribution in [3.63, 3.8) is 0 Å². The Hall–Kier alpha value is -4.29. The number of hydrogen-bond donors (Lipinski definition) is 1. The van der Waals surface area contributed by atoms with Gasteiger partial charge in [-0.15, -0.1) is 0 Å². The van der Waals surface area contributed by atoms with Crippen LogP contribution in [0.3, 0.4) is 0 Å². The number of furan rings is 1. The van der Waals surface area contributed by atoms with Gasteiger partial charge in [-0.2, -0.15) is 0 Å². The Labute approximate surface area is 206 Å². The van der Waals surface area contributed by atoms with E-state index in [9.17, 15) is 4.79 Å². The molecule has 0 saturated carbocycles. The van der Waals surface area contributed by atoms with E-state index in [0.29, 0.717) is 45.0 Å². The number of nitrogens with one attached hydrogen (secondary N) is 1. The Bertz CT molecular complexity index is 1530. The van der Waals surface area contributed by atoms with Gasteiger partial charge in [-0.3, -0.25) is 4.79 Å². The third-order valence-electron chi connectivity index (χ3n) is 5.48. The molecule has 35 heavy (non-hydrogen) atoms. The second kappa shape index (κ2) is 9.52. The highest BCUT2D eigenvalue weighted by atomic mass is 35.5. The molecule has 0 spiro atoms. The fraction of sp³-hybridized carbons (Fsp3) is 0.0714. The third-order valence-corrected chi connectivity index (χ3v) is 5.89. The second-order valence-electron chi connectivity index (χ2n) is 7.89. The van der Waals surface area contributed by atoms with Gasteiger partial charge in [0.15, 0.2) is 5.58 Å². The van der Waals surface area contributed by atoms with Crippen LogP contribution in [0, 0.1) is 6.92 Å². The lowest BCUT2D eigenvalue weighted by atomic mass is 10.1. The van der Waals surface area contributed by atoms with Gasteiger partial charge in [-0.25, -0.2) is 4.98 Å². The van der Waals surface area contributed by atoms with Crippen LogP contribution in [-0.4, -0.2) is 18.0 Å². The fourth-order valence-corrected chi connectivity index (χ4v) is 3.79. The number of aryl methyl sites for hydroxylation is 1. The predicted molar refractivity (Wildman–Crippen MR) is 138 cm³/mol. The molecule has 5 aromatic rings. The molecule has 0 aliphatic heterocycles. The summed E-state index contributed by atoms with van der Waals surface area (Å²) in [6, 6.07) is 22.2. The van der Waals surface area contributed by atoms with E-state index in [1.165, 1.54) is 6.08 Å². The van der Waals surface area contributed by atoms with E-state index in [4.69, 9.17) is 25.2 Å². The van der Waals surface area contributed by atoms with Gasteiger partial charge in [0.05, 0.1) is 12.8 Å². The minimum absolute atomic E-state index is 0.339. The second-order valence-corrected chi connectivity index (χ2v) is 8.30. The monoisotopic (exact) mass is 484 g/mol. The molecule has 0 atom stereocenters. The summed E-state index contributed by atoms with van der Waals surface area (Å²) in [4.78, 5) is 17.2. The number of ether oxygens (including phenoxy) is 1. The van der Waals surface area contributed by atoms with E-state index in [0.717, 1.165) is 16.6 Å². The Morgan fingerprint density at radius 2 is 1.83 bits per heavy atom. The number of amides is 1. The first-order chi connectivity index (χ1) is 17.0. The SMILES string of the molecule is COc1ccc(-c2nc3ccccc3o2)cc1NC(=O)/C=C/c1ccc(-c2ccc(C)c(Cl)c2)o1. The molecule has 6 nitrogen and oxygen atoms in total. The number of nitrogens with zero attached hydrogens (tertiary/aromatic N) is 1. The van der Waals surface area contributed by atoms with Crippen molar-refractivity contribution >= 4 is 40.4 Å². The van der Waals surface area contributed by atoms with Crippen LogP contribution in [0.15, 0.2) is 87.7 Å². The molecule has 3 aromatic carbocycles. The number of para-hydroxylation sites is 2. The van der Waals surface area contributed by atoms with Gasteiger partial charge in [0, 0.05) is 22.2 Å². The molecule has 0 aliphatic rings. The van der Waals surface area contributed by atoms with Gasteiger partial charge in [-0.1, -0.05) is 35.9 Å². The zero-order valence-electron chi connectivity index (χ0n) is 19.0. The topological polar surface area (TPSA) is 77.5 Å². The van der Waals surface area contributed by atoms with Crippen LogP contribution in [0.5, 0.6) is 5.75 Å². The first-order valence-electron chi connectivity index (χ1n) is 10.9. The van der Waals surface area contributed by atoms with Crippen LogP contribution in [0.25, 0.3) is 40.0 Å². The van der Waals surface area contributed by atoms with E-state index < -0.39 is 0 Å². The van der Waals surface area contributed by atoms with Crippen molar-refractivity contribution in [2.24, 2.45) is 0 Å². The van der Waals surface area contributed by atoms with Crippen LogP contribution < -0.4 is 10.1 Å². The molecule has 0 saturated heterocycles. The summed E-state index contributed by atoms with van der Waals surface area (Å²) >= 11 is 6.22. The van der Waals surface area contributed by atoms with E-state index in [1.807, 2.05) is 61.5 Å². The molecule has 174 valence electrons. The van der Waals surface area contributed by atoms with Crippen LogP contribution in [-0.2, 0) is 4.79 Å². The summed E-state index contributed by atoms with van der Waals surface area (Å²) in [5, 5.41) is 3.52. The number of carbonyl (C=O) groups is 1. The first kappa shape index (κ1) is 22.5. The van der Waals surface area contributed by atoms with Gasteiger partial charge in [0.2, 0.25) is 11.8 Å². The third kappa shape index (κ3) is 4.83. The van der Waals surface area contributed by atoms with Crippen LogP contribution in [0.1, 0.15) is 11.3 Å². The first-order valence-corrected chi connectivity index (χ1v) is 11.3. The van der Waals surface area contributed by atoms with Crippen LogP contribution in [0.2, 0.25) is 5.02 Å². The molecular weight excluding hydrogens is 464 g/mol. The Balaban J connectivity index is 1.33. The summed E-state index contributed by atoms with van der Waals surface area (Å²) in [6.07, 6.45) is 3.00. The van der Waals surface area contributed by atoms with Crippen molar-refractivity contribution < 1.29 is 18.4 Å². The van der Waals surface area contributed by atoms with Gasteiger partial charge in [-0.05, 0) is 67.1 Å². The van der Waals surface area contributed by atoms with Crippen LogP contribution >= 0.6 is 11.6 Å². The van der Waals surface area contributed by atoms with E-state index in [-0.39, 0.29) is 5.91 Å². The van der Waals surface area contributed by atoms with Crippen molar-refractivity contribution in [3.05, 3.63) is 95.2 Å². The number of benzene rings is 3. The molecule has 1 N–H and O–H groups in total. The molecule has 1 amide bonds. The summed E-state index contributed by atoms with van der Waals surface area (Å²) in [7, 11) is 1.54. The predicted octanol–water partition coefficient (Wildman–Crippen LogP) is 7.38. The highest BCUT2D eigenvalue weighted by Gasteiger charge is 2.13. The zero-order chi connectivity index (χ0) is 24.4. The minimum Gasteiger partial charge on any atom is -0.495 e. The summed E-state index contributed by atoms with van der Waals surface area (Å²) in [5.41, 5.74) is 4.53.